The maximum absolute atomic E-state index is 10.9. The van der Waals surface area contributed by atoms with E-state index < -0.39 is 5.97 Å². The van der Waals surface area contributed by atoms with Crippen molar-refractivity contribution in [3.8, 4) is 5.75 Å². The third-order valence-electron chi connectivity index (χ3n) is 2.04. The fourth-order valence-corrected chi connectivity index (χ4v) is 1.38. The summed E-state index contributed by atoms with van der Waals surface area (Å²) in [5.41, 5.74) is 6.53. The highest BCUT2D eigenvalue weighted by atomic mass is 35.5. The lowest BCUT2D eigenvalue weighted by atomic mass is 10.1. The summed E-state index contributed by atoms with van der Waals surface area (Å²) in [4.78, 5) is 10.9. The van der Waals surface area contributed by atoms with Crippen LogP contribution in [0.15, 0.2) is 18.2 Å². The van der Waals surface area contributed by atoms with Gasteiger partial charge in [0, 0.05) is 16.6 Å². The highest BCUT2D eigenvalue weighted by Gasteiger charge is 2.10. The van der Waals surface area contributed by atoms with Crippen LogP contribution in [0.1, 0.15) is 18.5 Å². The Morgan fingerprint density at radius 3 is 2.81 bits per heavy atom. The van der Waals surface area contributed by atoms with Crippen LogP contribution in [0, 0.1) is 0 Å². The van der Waals surface area contributed by atoms with Gasteiger partial charge in [-0.25, -0.2) is 4.79 Å². The zero-order valence-electron chi connectivity index (χ0n) is 9.20. The first-order valence-corrected chi connectivity index (χ1v) is 5.17. The van der Waals surface area contributed by atoms with E-state index >= 15 is 0 Å². The number of halogens is 1. The Kier molecular flexibility index (Phi) is 4.58. The number of nitrogens with two attached hydrogens (primary N) is 1. The van der Waals surface area contributed by atoms with Crippen LogP contribution in [-0.2, 0) is 9.53 Å². The first-order chi connectivity index (χ1) is 7.54. The fraction of sp³-hybridized carbons (Fsp3) is 0.364. The SMILES string of the molecule is COC(=O)COc1ccc(Cl)cc1[C@H](C)N. The lowest BCUT2D eigenvalue weighted by Crippen LogP contribution is -2.15. The van der Waals surface area contributed by atoms with E-state index in [9.17, 15) is 4.79 Å². The maximum Gasteiger partial charge on any atom is 0.343 e. The summed E-state index contributed by atoms with van der Waals surface area (Å²) in [6.07, 6.45) is 0. The third-order valence-corrected chi connectivity index (χ3v) is 2.27. The van der Waals surface area contributed by atoms with Crippen molar-refractivity contribution in [2.75, 3.05) is 13.7 Å². The monoisotopic (exact) mass is 243 g/mol. The number of rotatable bonds is 4. The van der Waals surface area contributed by atoms with E-state index in [1.807, 2.05) is 6.92 Å². The zero-order valence-corrected chi connectivity index (χ0v) is 9.95. The molecular formula is C11H14ClNO3. The summed E-state index contributed by atoms with van der Waals surface area (Å²) in [5, 5.41) is 0.581. The first kappa shape index (κ1) is 12.8. The van der Waals surface area contributed by atoms with E-state index in [1.165, 1.54) is 7.11 Å². The molecule has 16 heavy (non-hydrogen) atoms. The molecule has 4 nitrogen and oxygen atoms in total. The zero-order chi connectivity index (χ0) is 12.1. The van der Waals surface area contributed by atoms with Crippen LogP contribution in [-0.4, -0.2) is 19.7 Å². The van der Waals surface area contributed by atoms with Crippen LogP contribution >= 0.6 is 11.6 Å². The number of benzene rings is 1. The van der Waals surface area contributed by atoms with Crippen molar-refractivity contribution in [3.05, 3.63) is 28.8 Å². The highest BCUT2D eigenvalue weighted by Crippen LogP contribution is 2.27. The van der Waals surface area contributed by atoms with Crippen molar-refractivity contribution < 1.29 is 14.3 Å². The van der Waals surface area contributed by atoms with Gasteiger partial charge in [-0.2, -0.15) is 0 Å². The van der Waals surface area contributed by atoms with E-state index in [0.717, 1.165) is 5.56 Å². The number of carbonyl (C=O) groups is 1. The molecule has 0 radical (unpaired) electrons. The molecule has 0 unspecified atom stereocenters. The second-order valence-corrected chi connectivity index (χ2v) is 3.77. The minimum Gasteiger partial charge on any atom is -0.482 e. The third kappa shape index (κ3) is 3.40. The minimum absolute atomic E-state index is 0.141. The van der Waals surface area contributed by atoms with Crippen LogP contribution in [0.5, 0.6) is 5.75 Å². The summed E-state index contributed by atoms with van der Waals surface area (Å²) < 4.78 is 9.77. The molecule has 0 fully saturated rings. The minimum atomic E-state index is -0.439. The van der Waals surface area contributed by atoms with Crippen molar-refractivity contribution in [2.45, 2.75) is 13.0 Å². The second kappa shape index (κ2) is 5.72. The van der Waals surface area contributed by atoms with Crippen LogP contribution in [0.3, 0.4) is 0 Å². The maximum atomic E-state index is 10.9. The molecule has 0 aromatic heterocycles. The summed E-state index contributed by atoms with van der Waals surface area (Å²) in [6.45, 7) is 1.68. The molecule has 0 aliphatic rings. The Morgan fingerprint density at radius 2 is 2.25 bits per heavy atom. The Bertz CT molecular complexity index is 379. The number of esters is 1. The standard InChI is InChI=1S/C11H14ClNO3/c1-7(13)9-5-8(12)3-4-10(9)16-6-11(14)15-2/h3-5,7H,6,13H2,1-2H3/t7-/m0/s1. The molecule has 0 spiro atoms. The molecule has 2 N–H and O–H groups in total. The first-order valence-electron chi connectivity index (χ1n) is 4.79. The quantitative estimate of drug-likeness (QED) is 0.821. The predicted octanol–water partition coefficient (Wildman–Crippen LogP) is 1.91. The van der Waals surface area contributed by atoms with Gasteiger partial charge in [0.05, 0.1) is 7.11 Å². The van der Waals surface area contributed by atoms with Crippen LogP contribution in [0.2, 0.25) is 5.02 Å². The average Bonchev–Trinajstić information content (AvgIpc) is 2.26. The summed E-state index contributed by atoms with van der Waals surface area (Å²) >= 11 is 5.85. The van der Waals surface area contributed by atoms with Crippen LogP contribution in [0.4, 0.5) is 0 Å². The average molecular weight is 244 g/mol. The van der Waals surface area contributed by atoms with E-state index in [2.05, 4.69) is 4.74 Å². The van der Waals surface area contributed by atoms with Gasteiger partial charge in [-0.05, 0) is 25.1 Å². The van der Waals surface area contributed by atoms with E-state index in [4.69, 9.17) is 22.1 Å². The normalized spacial score (nSPS) is 12.0. The Hall–Kier alpha value is -1.26. The van der Waals surface area contributed by atoms with Crippen molar-refractivity contribution in [1.82, 2.24) is 0 Å². The van der Waals surface area contributed by atoms with Crippen molar-refractivity contribution in [2.24, 2.45) is 5.73 Å². The summed E-state index contributed by atoms with van der Waals surface area (Å²) in [5.74, 6) is 0.107. The molecule has 1 aromatic carbocycles. The van der Waals surface area contributed by atoms with E-state index in [-0.39, 0.29) is 12.6 Å². The Balaban J connectivity index is 2.82. The molecule has 1 rings (SSSR count). The second-order valence-electron chi connectivity index (χ2n) is 3.34. The van der Waals surface area contributed by atoms with Crippen molar-refractivity contribution >= 4 is 17.6 Å². The number of methoxy groups -OCH3 is 1. The largest absolute Gasteiger partial charge is 0.482 e. The lowest BCUT2D eigenvalue weighted by molar-refractivity contribution is -0.142. The van der Waals surface area contributed by atoms with Gasteiger partial charge in [-0.3, -0.25) is 0 Å². The van der Waals surface area contributed by atoms with Crippen LogP contribution in [0.25, 0.3) is 0 Å². The topological polar surface area (TPSA) is 61.5 Å². The molecule has 1 atom stereocenters. The molecule has 1 aromatic rings. The van der Waals surface area contributed by atoms with Crippen LogP contribution < -0.4 is 10.5 Å². The molecule has 88 valence electrons. The van der Waals surface area contributed by atoms with Gasteiger partial charge in [0.1, 0.15) is 5.75 Å². The molecule has 0 saturated carbocycles. The van der Waals surface area contributed by atoms with E-state index in [1.54, 1.807) is 18.2 Å². The molecule has 0 amide bonds. The van der Waals surface area contributed by atoms with E-state index in [0.29, 0.717) is 10.8 Å². The van der Waals surface area contributed by atoms with Gasteiger partial charge in [0.25, 0.3) is 0 Å². The number of ether oxygens (including phenoxy) is 2. The van der Waals surface area contributed by atoms with Gasteiger partial charge >= 0.3 is 5.97 Å². The van der Waals surface area contributed by atoms with Crippen molar-refractivity contribution in [1.29, 1.82) is 0 Å². The lowest BCUT2D eigenvalue weighted by Gasteiger charge is -2.13. The smallest absolute Gasteiger partial charge is 0.343 e. The molecular weight excluding hydrogens is 230 g/mol. The summed E-state index contributed by atoms with van der Waals surface area (Å²) in [6, 6.07) is 4.87. The van der Waals surface area contributed by atoms with Gasteiger partial charge < -0.3 is 15.2 Å². The Labute approximate surface area is 99.3 Å². The van der Waals surface area contributed by atoms with Crippen molar-refractivity contribution in [3.63, 3.8) is 0 Å². The molecule has 0 heterocycles. The van der Waals surface area contributed by atoms with Gasteiger partial charge in [0.2, 0.25) is 0 Å². The summed E-state index contributed by atoms with van der Waals surface area (Å²) in [7, 11) is 1.31. The number of hydrogen-bond donors (Lipinski definition) is 1. The molecule has 0 bridgehead atoms. The van der Waals surface area contributed by atoms with Gasteiger partial charge in [-0.1, -0.05) is 11.6 Å². The molecule has 0 aliphatic heterocycles. The number of hydrogen-bond acceptors (Lipinski definition) is 4. The molecule has 5 heteroatoms. The predicted molar refractivity (Wildman–Crippen MR) is 61.6 cm³/mol. The fourth-order valence-electron chi connectivity index (χ4n) is 1.20. The number of carbonyl (C=O) groups excluding carboxylic acids is 1. The molecule has 0 saturated heterocycles. The molecule has 0 aliphatic carbocycles. The van der Waals surface area contributed by atoms with Gasteiger partial charge in [0.15, 0.2) is 6.61 Å². The van der Waals surface area contributed by atoms with Gasteiger partial charge in [-0.15, -0.1) is 0 Å². The highest BCUT2D eigenvalue weighted by molar-refractivity contribution is 6.30. The Morgan fingerprint density at radius 1 is 1.56 bits per heavy atom.